The maximum absolute atomic E-state index is 9.39. The minimum Gasteiger partial charge on any atom is -0.389 e. The summed E-state index contributed by atoms with van der Waals surface area (Å²) in [6.07, 6.45) is 0.968. The highest BCUT2D eigenvalue weighted by atomic mass is 16.5. The predicted molar refractivity (Wildman–Crippen MR) is 53.6 cm³/mol. The van der Waals surface area contributed by atoms with Crippen molar-refractivity contribution in [3.05, 3.63) is 11.7 Å². The quantitative estimate of drug-likeness (QED) is 0.720. The molecule has 2 N–H and O–H groups in total. The largest absolute Gasteiger partial charge is 0.389 e. The Morgan fingerprint density at radius 2 is 1.94 bits per heavy atom. The third kappa shape index (κ3) is 1.95. The second-order valence-electron chi connectivity index (χ2n) is 4.65. The lowest BCUT2D eigenvalue weighted by atomic mass is 10.3. The van der Waals surface area contributed by atoms with Crippen molar-refractivity contribution < 1.29 is 14.7 Å². The monoisotopic (exact) mass is 225 g/mol. The van der Waals surface area contributed by atoms with Gasteiger partial charge in [0, 0.05) is 19.0 Å². The van der Waals surface area contributed by atoms with Crippen LogP contribution >= 0.6 is 0 Å². The zero-order valence-electron chi connectivity index (χ0n) is 8.91. The Balaban J connectivity index is 1.61. The molecule has 88 valence electrons. The first-order valence-corrected chi connectivity index (χ1v) is 5.63. The molecule has 1 aromatic heterocycles. The standard InChI is InChI=1S/C10H15N3O3/c14-7-3-13(4-8(7)15)5-9-11-10(16-12-9)6-1-2-6/h6-8,14-15H,1-5H2. The fraction of sp³-hybridized carbons (Fsp3) is 0.800. The molecule has 6 heteroatoms. The molecule has 0 amide bonds. The van der Waals surface area contributed by atoms with Crippen LogP contribution < -0.4 is 0 Å². The van der Waals surface area contributed by atoms with Crippen LogP contribution in [0.4, 0.5) is 0 Å². The fourth-order valence-electron chi connectivity index (χ4n) is 2.00. The van der Waals surface area contributed by atoms with Crippen LogP contribution in [0.3, 0.4) is 0 Å². The molecule has 0 aromatic carbocycles. The van der Waals surface area contributed by atoms with Crippen LogP contribution in [-0.4, -0.2) is 50.6 Å². The average molecular weight is 225 g/mol. The highest BCUT2D eigenvalue weighted by Gasteiger charge is 2.32. The minimum absolute atomic E-state index is 0.467. The van der Waals surface area contributed by atoms with E-state index in [9.17, 15) is 10.2 Å². The molecule has 16 heavy (non-hydrogen) atoms. The molecule has 2 atom stereocenters. The molecule has 0 spiro atoms. The summed E-state index contributed by atoms with van der Waals surface area (Å²) in [6.45, 7) is 1.47. The molecule has 2 fully saturated rings. The van der Waals surface area contributed by atoms with Gasteiger partial charge in [-0.15, -0.1) is 0 Å². The molecular formula is C10H15N3O3. The summed E-state index contributed by atoms with van der Waals surface area (Å²) in [6, 6.07) is 0. The molecule has 0 radical (unpaired) electrons. The average Bonchev–Trinajstić information content (AvgIpc) is 2.92. The Bertz CT molecular complexity index is 367. The van der Waals surface area contributed by atoms with Gasteiger partial charge in [-0.3, -0.25) is 4.90 Å². The van der Waals surface area contributed by atoms with E-state index in [0.29, 0.717) is 31.4 Å². The van der Waals surface area contributed by atoms with Crippen LogP contribution in [0.5, 0.6) is 0 Å². The summed E-state index contributed by atoms with van der Waals surface area (Å²) >= 11 is 0. The van der Waals surface area contributed by atoms with Gasteiger partial charge in [-0.25, -0.2) is 0 Å². The molecule has 1 aliphatic heterocycles. The second kappa shape index (κ2) is 3.80. The number of aromatic nitrogens is 2. The highest BCUT2D eigenvalue weighted by molar-refractivity contribution is 5.02. The van der Waals surface area contributed by atoms with Crippen molar-refractivity contribution >= 4 is 0 Å². The zero-order valence-corrected chi connectivity index (χ0v) is 8.91. The summed E-state index contributed by atoms with van der Waals surface area (Å²) in [5, 5.41) is 22.7. The van der Waals surface area contributed by atoms with Gasteiger partial charge in [-0.2, -0.15) is 4.98 Å². The molecule has 3 rings (SSSR count). The molecular weight excluding hydrogens is 210 g/mol. The maximum atomic E-state index is 9.39. The van der Waals surface area contributed by atoms with Gasteiger partial charge < -0.3 is 14.7 Å². The van der Waals surface area contributed by atoms with E-state index in [4.69, 9.17) is 4.52 Å². The smallest absolute Gasteiger partial charge is 0.229 e. The van der Waals surface area contributed by atoms with Gasteiger partial charge in [-0.05, 0) is 12.8 Å². The van der Waals surface area contributed by atoms with Gasteiger partial charge in [-0.1, -0.05) is 5.16 Å². The zero-order chi connectivity index (χ0) is 11.1. The molecule has 1 aliphatic carbocycles. The number of hydrogen-bond acceptors (Lipinski definition) is 6. The Kier molecular flexibility index (Phi) is 2.42. The first-order valence-electron chi connectivity index (χ1n) is 5.63. The Morgan fingerprint density at radius 1 is 1.25 bits per heavy atom. The number of nitrogens with zero attached hydrogens (tertiary/aromatic N) is 3. The van der Waals surface area contributed by atoms with Crippen LogP contribution in [0, 0.1) is 0 Å². The predicted octanol–water partition coefficient (Wildman–Crippen LogP) is -0.516. The number of rotatable bonds is 3. The second-order valence-corrected chi connectivity index (χ2v) is 4.65. The van der Waals surface area contributed by atoms with Crippen molar-refractivity contribution in [2.24, 2.45) is 0 Å². The van der Waals surface area contributed by atoms with E-state index in [2.05, 4.69) is 10.1 Å². The van der Waals surface area contributed by atoms with Crippen LogP contribution in [0.2, 0.25) is 0 Å². The molecule has 1 saturated carbocycles. The van der Waals surface area contributed by atoms with Gasteiger partial charge in [0.1, 0.15) is 0 Å². The van der Waals surface area contributed by atoms with E-state index in [0.717, 1.165) is 18.7 Å². The Labute approximate surface area is 92.9 Å². The van der Waals surface area contributed by atoms with Crippen molar-refractivity contribution in [1.82, 2.24) is 15.0 Å². The number of β-amino-alcohol motifs (C(OH)–C–C–N with tert-alkyl or cyclic N) is 2. The minimum atomic E-state index is -0.658. The van der Waals surface area contributed by atoms with E-state index in [1.165, 1.54) is 0 Å². The van der Waals surface area contributed by atoms with E-state index >= 15 is 0 Å². The first-order chi connectivity index (χ1) is 7.72. The third-order valence-corrected chi connectivity index (χ3v) is 3.11. The number of aliphatic hydroxyl groups excluding tert-OH is 2. The van der Waals surface area contributed by atoms with Gasteiger partial charge in [0.15, 0.2) is 5.82 Å². The van der Waals surface area contributed by atoms with Crippen LogP contribution in [0.25, 0.3) is 0 Å². The highest BCUT2D eigenvalue weighted by Crippen LogP contribution is 2.38. The van der Waals surface area contributed by atoms with Crippen molar-refractivity contribution in [3.63, 3.8) is 0 Å². The first kappa shape index (κ1) is 10.2. The lowest BCUT2D eigenvalue weighted by molar-refractivity contribution is 0.0572. The van der Waals surface area contributed by atoms with Crippen molar-refractivity contribution in [2.75, 3.05) is 13.1 Å². The SMILES string of the molecule is OC1CN(Cc2noc(C3CC3)n2)CC1O. The molecule has 1 aromatic rings. The molecule has 2 heterocycles. The Morgan fingerprint density at radius 3 is 2.56 bits per heavy atom. The molecule has 1 saturated heterocycles. The van der Waals surface area contributed by atoms with Crippen molar-refractivity contribution in [3.8, 4) is 0 Å². The molecule has 0 bridgehead atoms. The van der Waals surface area contributed by atoms with E-state index in [-0.39, 0.29) is 0 Å². The maximum Gasteiger partial charge on any atom is 0.229 e. The van der Waals surface area contributed by atoms with Crippen LogP contribution in [0.15, 0.2) is 4.52 Å². The third-order valence-electron chi connectivity index (χ3n) is 3.11. The van der Waals surface area contributed by atoms with E-state index in [1.807, 2.05) is 4.90 Å². The lowest BCUT2D eigenvalue weighted by Crippen LogP contribution is -2.22. The number of aliphatic hydroxyl groups is 2. The number of likely N-dealkylation sites (tertiary alicyclic amines) is 1. The summed E-state index contributed by atoms with van der Waals surface area (Å²) in [5.74, 6) is 1.84. The topological polar surface area (TPSA) is 82.6 Å². The normalized spacial score (nSPS) is 31.1. The molecule has 2 unspecified atom stereocenters. The van der Waals surface area contributed by atoms with Crippen molar-refractivity contribution in [2.45, 2.75) is 37.5 Å². The lowest BCUT2D eigenvalue weighted by Gasteiger charge is -2.10. The summed E-state index contributed by atoms with van der Waals surface area (Å²) in [4.78, 5) is 6.23. The van der Waals surface area contributed by atoms with E-state index < -0.39 is 12.2 Å². The fourth-order valence-corrected chi connectivity index (χ4v) is 2.00. The van der Waals surface area contributed by atoms with Crippen molar-refractivity contribution in [1.29, 1.82) is 0 Å². The van der Waals surface area contributed by atoms with Gasteiger partial charge >= 0.3 is 0 Å². The molecule has 2 aliphatic rings. The van der Waals surface area contributed by atoms with Crippen LogP contribution in [-0.2, 0) is 6.54 Å². The summed E-state index contributed by atoms with van der Waals surface area (Å²) in [7, 11) is 0. The molecule has 6 nitrogen and oxygen atoms in total. The number of hydrogen-bond donors (Lipinski definition) is 2. The summed E-state index contributed by atoms with van der Waals surface area (Å²) < 4.78 is 5.14. The van der Waals surface area contributed by atoms with E-state index in [1.54, 1.807) is 0 Å². The Hall–Kier alpha value is -0.980. The van der Waals surface area contributed by atoms with Gasteiger partial charge in [0.2, 0.25) is 5.89 Å². The summed E-state index contributed by atoms with van der Waals surface area (Å²) in [5.41, 5.74) is 0. The van der Waals surface area contributed by atoms with Crippen LogP contribution in [0.1, 0.15) is 30.5 Å². The van der Waals surface area contributed by atoms with Gasteiger partial charge in [0.25, 0.3) is 0 Å². The van der Waals surface area contributed by atoms with Gasteiger partial charge in [0.05, 0.1) is 18.8 Å².